The molecule has 2 aromatic heterocycles. The van der Waals surface area contributed by atoms with Gasteiger partial charge in [0.2, 0.25) is 0 Å². The van der Waals surface area contributed by atoms with Crippen LogP contribution in [0, 0.1) is 6.92 Å². The molecule has 0 saturated heterocycles. The zero-order chi connectivity index (χ0) is 18.8. The van der Waals surface area contributed by atoms with Crippen LogP contribution in [0.1, 0.15) is 36.7 Å². The smallest absolute Gasteiger partial charge is 0.103 e. The van der Waals surface area contributed by atoms with Gasteiger partial charge in [0.05, 0.1) is 10.7 Å². The molecule has 2 heterocycles. The molecular weight excluding hydrogens is 409 g/mol. The van der Waals surface area contributed by atoms with Gasteiger partial charge in [-0.1, -0.05) is 46.6 Å². The Labute approximate surface area is 172 Å². The van der Waals surface area contributed by atoms with Crippen molar-refractivity contribution in [2.24, 2.45) is 0 Å². The number of rotatable bonds is 5. The van der Waals surface area contributed by atoms with Crippen molar-refractivity contribution in [3.63, 3.8) is 0 Å². The van der Waals surface area contributed by atoms with Gasteiger partial charge in [-0.25, -0.2) is 0 Å². The van der Waals surface area contributed by atoms with Crippen LogP contribution in [0.5, 0.6) is 0 Å². The van der Waals surface area contributed by atoms with E-state index in [1.807, 2.05) is 29.8 Å². The SMILES string of the molecule is Cc1nn(C(C)C)c(Sc2cc(Cl)cc(Cl)c2)c1Cc1ccncc1Cl. The van der Waals surface area contributed by atoms with Gasteiger partial charge in [-0.3, -0.25) is 9.67 Å². The predicted octanol–water partition coefficient (Wildman–Crippen LogP) is 6.87. The third-order valence-electron chi connectivity index (χ3n) is 3.92. The first kappa shape index (κ1) is 19.6. The van der Waals surface area contributed by atoms with Crippen LogP contribution in [0.4, 0.5) is 0 Å². The van der Waals surface area contributed by atoms with Gasteiger partial charge in [-0.15, -0.1) is 0 Å². The molecule has 0 amide bonds. The molecule has 136 valence electrons. The number of pyridine rings is 1. The molecule has 3 rings (SSSR count). The lowest BCUT2D eigenvalue weighted by molar-refractivity contribution is 0.489. The lowest BCUT2D eigenvalue weighted by atomic mass is 10.1. The Morgan fingerprint density at radius 1 is 1.12 bits per heavy atom. The molecule has 0 N–H and O–H groups in total. The Morgan fingerprint density at radius 2 is 1.81 bits per heavy atom. The number of aryl methyl sites for hydroxylation is 1. The molecule has 26 heavy (non-hydrogen) atoms. The molecule has 1 aromatic carbocycles. The first-order valence-corrected chi connectivity index (χ1v) is 10.1. The van der Waals surface area contributed by atoms with Gasteiger partial charge in [-0.2, -0.15) is 5.10 Å². The van der Waals surface area contributed by atoms with Gasteiger partial charge >= 0.3 is 0 Å². The fourth-order valence-corrected chi connectivity index (χ4v) is 4.78. The maximum Gasteiger partial charge on any atom is 0.103 e. The second-order valence-electron chi connectivity index (χ2n) is 6.26. The molecule has 0 radical (unpaired) electrons. The summed E-state index contributed by atoms with van der Waals surface area (Å²) in [5.74, 6) is 0. The van der Waals surface area contributed by atoms with Gasteiger partial charge in [0.15, 0.2) is 0 Å². The van der Waals surface area contributed by atoms with E-state index in [2.05, 4.69) is 18.8 Å². The first-order chi connectivity index (χ1) is 12.3. The zero-order valence-electron chi connectivity index (χ0n) is 14.6. The van der Waals surface area contributed by atoms with Crippen molar-refractivity contribution in [1.29, 1.82) is 0 Å². The van der Waals surface area contributed by atoms with Crippen LogP contribution in [-0.4, -0.2) is 14.8 Å². The van der Waals surface area contributed by atoms with Gasteiger partial charge in [0.25, 0.3) is 0 Å². The van der Waals surface area contributed by atoms with Crippen molar-refractivity contribution in [2.45, 2.75) is 43.2 Å². The van der Waals surface area contributed by atoms with Crippen molar-refractivity contribution in [3.05, 3.63) is 68.5 Å². The third-order valence-corrected chi connectivity index (χ3v) is 5.80. The molecule has 3 aromatic rings. The van der Waals surface area contributed by atoms with E-state index in [9.17, 15) is 0 Å². The average Bonchev–Trinajstić information content (AvgIpc) is 2.85. The van der Waals surface area contributed by atoms with E-state index in [4.69, 9.17) is 39.9 Å². The summed E-state index contributed by atoms with van der Waals surface area (Å²) < 4.78 is 2.04. The van der Waals surface area contributed by atoms with E-state index in [0.717, 1.165) is 26.7 Å². The van der Waals surface area contributed by atoms with E-state index >= 15 is 0 Å². The van der Waals surface area contributed by atoms with Gasteiger partial charge in [-0.05, 0) is 50.6 Å². The predicted molar refractivity (Wildman–Crippen MR) is 110 cm³/mol. The molecule has 0 aliphatic carbocycles. The standard InChI is InChI=1S/C19H18Cl3N3S/c1-11(2)25-19(26-16-8-14(20)7-15(21)9-16)17(12(3)24-25)6-13-4-5-23-10-18(13)22/h4-5,7-11H,6H2,1-3H3. The molecule has 3 nitrogen and oxygen atoms in total. The summed E-state index contributed by atoms with van der Waals surface area (Å²) in [5, 5.41) is 7.71. The highest BCUT2D eigenvalue weighted by Crippen LogP contribution is 2.37. The highest BCUT2D eigenvalue weighted by molar-refractivity contribution is 7.99. The Kier molecular flexibility index (Phi) is 6.18. The Balaban J connectivity index is 2.05. The normalized spacial score (nSPS) is 11.3. The van der Waals surface area contributed by atoms with Gasteiger partial charge in [0.1, 0.15) is 5.03 Å². The molecule has 0 saturated carbocycles. The zero-order valence-corrected chi connectivity index (χ0v) is 17.7. The topological polar surface area (TPSA) is 30.7 Å². The fourth-order valence-electron chi connectivity index (χ4n) is 2.66. The second kappa shape index (κ2) is 8.22. The maximum atomic E-state index is 6.32. The quantitative estimate of drug-likeness (QED) is 0.446. The fraction of sp³-hybridized carbons (Fsp3) is 0.263. The van der Waals surface area contributed by atoms with E-state index in [0.29, 0.717) is 21.5 Å². The minimum absolute atomic E-state index is 0.229. The largest absolute Gasteiger partial charge is 0.263 e. The van der Waals surface area contributed by atoms with Crippen LogP contribution in [0.25, 0.3) is 0 Å². The summed E-state index contributed by atoms with van der Waals surface area (Å²) in [6, 6.07) is 7.73. The van der Waals surface area contributed by atoms with Crippen LogP contribution < -0.4 is 0 Å². The van der Waals surface area contributed by atoms with Crippen molar-refractivity contribution in [1.82, 2.24) is 14.8 Å². The number of benzene rings is 1. The van der Waals surface area contributed by atoms with Crippen LogP contribution in [0.15, 0.2) is 46.6 Å². The monoisotopic (exact) mass is 425 g/mol. The molecule has 0 unspecified atom stereocenters. The third kappa shape index (κ3) is 4.37. The number of hydrogen-bond acceptors (Lipinski definition) is 3. The molecule has 0 spiro atoms. The molecule has 0 atom stereocenters. The van der Waals surface area contributed by atoms with Gasteiger partial charge in [0, 0.05) is 45.4 Å². The van der Waals surface area contributed by atoms with Crippen molar-refractivity contribution >= 4 is 46.6 Å². The van der Waals surface area contributed by atoms with Crippen LogP contribution in [-0.2, 0) is 6.42 Å². The van der Waals surface area contributed by atoms with Crippen LogP contribution >= 0.6 is 46.6 Å². The summed E-state index contributed by atoms with van der Waals surface area (Å²) in [6.07, 6.45) is 4.12. The highest BCUT2D eigenvalue weighted by Gasteiger charge is 2.20. The molecular formula is C19H18Cl3N3S. The van der Waals surface area contributed by atoms with E-state index in [-0.39, 0.29) is 6.04 Å². The molecule has 0 bridgehead atoms. The lowest BCUT2D eigenvalue weighted by Crippen LogP contribution is -2.05. The number of halogens is 3. The van der Waals surface area contributed by atoms with Crippen LogP contribution in [0.3, 0.4) is 0 Å². The number of nitrogens with zero attached hydrogens (tertiary/aromatic N) is 3. The molecule has 0 fully saturated rings. The summed E-state index contributed by atoms with van der Waals surface area (Å²) in [7, 11) is 0. The minimum Gasteiger partial charge on any atom is -0.263 e. The van der Waals surface area contributed by atoms with Crippen LogP contribution in [0.2, 0.25) is 15.1 Å². The van der Waals surface area contributed by atoms with E-state index < -0.39 is 0 Å². The minimum atomic E-state index is 0.229. The number of hydrogen-bond donors (Lipinski definition) is 0. The van der Waals surface area contributed by atoms with Gasteiger partial charge < -0.3 is 0 Å². The lowest BCUT2D eigenvalue weighted by Gasteiger charge is -2.13. The highest BCUT2D eigenvalue weighted by atomic mass is 35.5. The Morgan fingerprint density at radius 3 is 2.42 bits per heavy atom. The second-order valence-corrected chi connectivity index (χ2v) is 8.60. The first-order valence-electron chi connectivity index (χ1n) is 8.15. The summed E-state index contributed by atoms with van der Waals surface area (Å²) in [6.45, 7) is 6.26. The maximum absolute atomic E-state index is 6.32. The van der Waals surface area contributed by atoms with Crippen molar-refractivity contribution in [2.75, 3.05) is 0 Å². The summed E-state index contributed by atoms with van der Waals surface area (Å²) in [5.41, 5.74) is 3.16. The van der Waals surface area contributed by atoms with Crippen molar-refractivity contribution < 1.29 is 0 Å². The van der Waals surface area contributed by atoms with E-state index in [1.165, 1.54) is 0 Å². The Bertz CT molecular complexity index is 918. The average molecular weight is 427 g/mol. The van der Waals surface area contributed by atoms with Crippen molar-refractivity contribution in [3.8, 4) is 0 Å². The number of aromatic nitrogens is 3. The molecule has 0 aliphatic heterocycles. The summed E-state index contributed by atoms with van der Waals surface area (Å²) in [4.78, 5) is 5.04. The Hall–Kier alpha value is -1.20. The molecule has 0 aliphatic rings. The van der Waals surface area contributed by atoms with E-state index in [1.54, 1.807) is 30.2 Å². The molecule has 7 heteroatoms. The summed E-state index contributed by atoms with van der Waals surface area (Å²) >= 11 is 20.3.